The average Bonchev–Trinajstić information content (AvgIpc) is 3.21. The fourth-order valence-corrected chi connectivity index (χ4v) is 3.64. The van der Waals surface area contributed by atoms with Crippen LogP contribution in [-0.4, -0.2) is 66.9 Å². The Morgan fingerprint density at radius 1 is 1.00 bits per heavy atom. The zero-order valence-electron chi connectivity index (χ0n) is 17.0. The van der Waals surface area contributed by atoms with Gasteiger partial charge in [-0.05, 0) is 25.1 Å². The summed E-state index contributed by atoms with van der Waals surface area (Å²) in [6.07, 6.45) is 0. The largest absolute Gasteiger partial charge is 0.454 e. The van der Waals surface area contributed by atoms with Gasteiger partial charge in [0.2, 0.25) is 12.7 Å². The van der Waals surface area contributed by atoms with Crippen LogP contribution in [0.4, 0.5) is 10.1 Å². The van der Waals surface area contributed by atoms with Gasteiger partial charge in [-0.1, -0.05) is 12.1 Å². The number of carbonyl (C=O) groups excluding carboxylic acids is 3. The highest BCUT2D eigenvalue weighted by Gasteiger charge is 2.26. The molecule has 2 aromatic carbocycles. The summed E-state index contributed by atoms with van der Waals surface area (Å²) in [4.78, 5) is 40.5. The standard InChI is InChI=1S/C22H22FN3O5/c1-14(27)16-10-19-20(31-13-30-19)11-18(16)24-21(28)12-25-6-8-26(9-7-25)22(29)15-4-2-3-5-17(15)23/h2-5,10-11H,6-9,12-13H2,1H3,(H,24,28). The molecule has 2 aliphatic rings. The van der Waals surface area contributed by atoms with Gasteiger partial charge in [-0.25, -0.2) is 4.39 Å². The smallest absolute Gasteiger partial charge is 0.256 e. The fourth-order valence-electron chi connectivity index (χ4n) is 3.64. The monoisotopic (exact) mass is 427 g/mol. The summed E-state index contributed by atoms with van der Waals surface area (Å²) < 4.78 is 24.5. The predicted octanol–water partition coefficient (Wildman–Crippen LogP) is 2.15. The molecule has 0 aliphatic carbocycles. The van der Waals surface area contributed by atoms with Crippen molar-refractivity contribution in [3.8, 4) is 11.5 Å². The molecule has 0 atom stereocenters. The summed E-state index contributed by atoms with van der Waals surface area (Å²) in [6, 6.07) is 9.05. The maximum absolute atomic E-state index is 13.9. The summed E-state index contributed by atoms with van der Waals surface area (Å²) in [6.45, 7) is 3.33. The Morgan fingerprint density at radius 2 is 1.68 bits per heavy atom. The van der Waals surface area contributed by atoms with Crippen LogP contribution in [0, 0.1) is 5.82 Å². The first-order chi connectivity index (χ1) is 14.9. The van der Waals surface area contributed by atoms with E-state index in [1.54, 1.807) is 29.2 Å². The second kappa shape index (κ2) is 8.73. The quantitative estimate of drug-likeness (QED) is 0.736. The molecule has 1 N–H and O–H groups in total. The average molecular weight is 427 g/mol. The van der Waals surface area contributed by atoms with Crippen molar-refractivity contribution in [2.24, 2.45) is 0 Å². The molecule has 4 rings (SSSR count). The van der Waals surface area contributed by atoms with E-state index in [1.165, 1.54) is 19.1 Å². The lowest BCUT2D eigenvalue weighted by atomic mass is 10.1. The number of Topliss-reactive ketones (excluding diaryl/α,β-unsaturated/α-hetero) is 1. The Kier molecular flexibility index (Phi) is 5.85. The minimum absolute atomic E-state index is 0.0493. The number of carbonyl (C=O) groups is 3. The number of nitrogens with one attached hydrogen (secondary N) is 1. The van der Waals surface area contributed by atoms with Gasteiger partial charge in [0, 0.05) is 37.8 Å². The van der Waals surface area contributed by atoms with Gasteiger partial charge < -0.3 is 19.7 Å². The van der Waals surface area contributed by atoms with Crippen LogP contribution in [0.25, 0.3) is 0 Å². The number of hydrogen-bond acceptors (Lipinski definition) is 6. The van der Waals surface area contributed by atoms with Gasteiger partial charge in [-0.15, -0.1) is 0 Å². The maximum atomic E-state index is 13.9. The number of fused-ring (bicyclic) bond motifs is 1. The highest BCUT2D eigenvalue weighted by molar-refractivity contribution is 6.05. The van der Waals surface area contributed by atoms with Crippen LogP contribution in [-0.2, 0) is 4.79 Å². The Hall–Kier alpha value is -3.46. The summed E-state index contributed by atoms with van der Waals surface area (Å²) >= 11 is 0. The molecule has 9 heteroatoms. The topological polar surface area (TPSA) is 88.2 Å². The Morgan fingerprint density at radius 3 is 2.35 bits per heavy atom. The van der Waals surface area contributed by atoms with Crippen LogP contribution in [0.5, 0.6) is 11.5 Å². The van der Waals surface area contributed by atoms with Gasteiger partial charge in [0.1, 0.15) is 5.82 Å². The summed E-state index contributed by atoms with van der Waals surface area (Å²) in [5, 5.41) is 2.77. The Bertz CT molecular complexity index is 1030. The van der Waals surface area contributed by atoms with Crippen LogP contribution in [0.1, 0.15) is 27.6 Å². The maximum Gasteiger partial charge on any atom is 0.256 e. The van der Waals surface area contributed by atoms with Crippen molar-refractivity contribution in [1.82, 2.24) is 9.80 Å². The van der Waals surface area contributed by atoms with Crippen molar-refractivity contribution < 1.29 is 28.2 Å². The molecule has 2 aromatic rings. The second-order valence-corrected chi connectivity index (χ2v) is 7.40. The van der Waals surface area contributed by atoms with Gasteiger partial charge in [-0.2, -0.15) is 0 Å². The van der Waals surface area contributed by atoms with E-state index in [-0.39, 0.29) is 36.5 Å². The van der Waals surface area contributed by atoms with E-state index in [0.717, 1.165) is 0 Å². The molecular weight excluding hydrogens is 405 g/mol. The third-order valence-electron chi connectivity index (χ3n) is 5.30. The van der Waals surface area contributed by atoms with E-state index in [4.69, 9.17) is 9.47 Å². The van der Waals surface area contributed by atoms with Gasteiger partial charge in [-0.3, -0.25) is 19.3 Å². The zero-order chi connectivity index (χ0) is 22.0. The number of hydrogen-bond donors (Lipinski definition) is 1. The van der Waals surface area contributed by atoms with Gasteiger partial charge in [0.15, 0.2) is 17.3 Å². The van der Waals surface area contributed by atoms with Crippen LogP contribution >= 0.6 is 0 Å². The fraction of sp³-hybridized carbons (Fsp3) is 0.318. The molecule has 1 saturated heterocycles. The van der Waals surface area contributed by atoms with E-state index in [0.29, 0.717) is 48.9 Å². The van der Waals surface area contributed by atoms with Crippen molar-refractivity contribution in [3.05, 3.63) is 53.3 Å². The van der Waals surface area contributed by atoms with Crippen molar-refractivity contribution in [3.63, 3.8) is 0 Å². The number of anilines is 1. The van der Waals surface area contributed by atoms with E-state index >= 15 is 0 Å². The third-order valence-corrected chi connectivity index (χ3v) is 5.30. The molecule has 8 nitrogen and oxygen atoms in total. The van der Waals surface area contributed by atoms with Crippen LogP contribution < -0.4 is 14.8 Å². The molecule has 1 fully saturated rings. The predicted molar refractivity (Wildman–Crippen MR) is 110 cm³/mol. The number of halogens is 1. The van der Waals surface area contributed by atoms with Crippen molar-refractivity contribution in [1.29, 1.82) is 0 Å². The van der Waals surface area contributed by atoms with Crippen molar-refractivity contribution >= 4 is 23.3 Å². The number of ketones is 1. The summed E-state index contributed by atoms with van der Waals surface area (Å²) in [5.41, 5.74) is 0.765. The molecule has 0 aromatic heterocycles. The first-order valence-corrected chi connectivity index (χ1v) is 9.93. The molecule has 2 amide bonds. The van der Waals surface area contributed by atoms with Gasteiger partial charge >= 0.3 is 0 Å². The van der Waals surface area contributed by atoms with E-state index in [9.17, 15) is 18.8 Å². The highest BCUT2D eigenvalue weighted by atomic mass is 19.1. The lowest BCUT2D eigenvalue weighted by Crippen LogP contribution is -2.50. The number of benzene rings is 2. The number of rotatable bonds is 5. The number of ether oxygens (including phenoxy) is 2. The lowest BCUT2D eigenvalue weighted by Gasteiger charge is -2.34. The number of amides is 2. The first-order valence-electron chi connectivity index (χ1n) is 9.93. The van der Waals surface area contributed by atoms with Crippen LogP contribution in [0.15, 0.2) is 36.4 Å². The van der Waals surface area contributed by atoms with Crippen LogP contribution in [0.2, 0.25) is 0 Å². The van der Waals surface area contributed by atoms with Gasteiger partial charge in [0.05, 0.1) is 17.8 Å². The second-order valence-electron chi connectivity index (χ2n) is 7.40. The molecule has 2 aliphatic heterocycles. The SMILES string of the molecule is CC(=O)c1cc2c(cc1NC(=O)CN1CCN(C(=O)c3ccccc3F)CC1)OCO2. The molecule has 0 saturated carbocycles. The van der Waals surface area contributed by atoms with E-state index in [2.05, 4.69) is 5.32 Å². The molecule has 2 heterocycles. The number of piperazine rings is 1. The number of nitrogens with zero attached hydrogens (tertiary/aromatic N) is 2. The molecular formula is C22H22FN3O5. The molecule has 0 radical (unpaired) electrons. The highest BCUT2D eigenvalue weighted by Crippen LogP contribution is 2.37. The lowest BCUT2D eigenvalue weighted by molar-refractivity contribution is -0.117. The summed E-state index contributed by atoms with van der Waals surface area (Å²) in [5.74, 6) is -0.434. The molecule has 0 unspecified atom stereocenters. The molecule has 0 bridgehead atoms. The molecule has 162 valence electrons. The Balaban J connectivity index is 1.34. The summed E-state index contributed by atoms with van der Waals surface area (Å²) in [7, 11) is 0. The normalized spacial score (nSPS) is 15.6. The zero-order valence-corrected chi connectivity index (χ0v) is 17.0. The van der Waals surface area contributed by atoms with E-state index < -0.39 is 5.82 Å². The minimum Gasteiger partial charge on any atom is -0.454 e. The van der Waals surface area contributed by atoms with Crippen molar-refractivity contribution in [2.75, 3.05) is 44.8 Å². The molecule has 31 heavy (non-hydrogen) atoms. The molecule has 0 spiro atoms. The van der Waals surface area contributed by atoms with Crippen molar-refractivity contribution in [2.45, 2.75) is 6.92 Å². The van der Waals surface area contributed by atoms with Gasteiger partial charge in [0.25, 0.3) is 5.91 Å². The van der Waals surface area contributed by atoms with E-state index in [1.807, 2.05) is 4.90 Å². The Labute approximate surface area is 178 Å². The third kappa shape index (κ3) is 4.51. The first kappa shape index (κ1) is 20.8. The van der Waals surface area contributed by atoms with Crippen LogP contribution in [0.3, 0.4) is 0 Å². The minimum atomic E-state index is -0.542.